The summed E-state index contributed by atoms with van der Waals surface area (Å²) in [4.78, 5) is 11.8. The van der Waals surface area contributed by atoms with Gasteiger partial charge >= 0.3 is 0 Å². The molecular weight excluding hydrogens is 162 g/mol. The molecule has 72 valence electrons. The van der Waals surface area contributed by atoms with E-state index in [0.29, 0.717) is 0 Å². The summed E-state index contributed by atoms with van der Waals surface area (Å²) in [7, 11) is 0. The number of nitriles is 1. The molecule has 0 aromatic carbocycles. The fraction of sp³-hybridized carbons (Fsp3) is 0.818. The minimum absolute atomic E-state index is 0.218. The van der Waals surface area contributed by atoms with Crippen LogP contribution >= 0.6 is 0 Å². The number of Topliss-reactive ketones (excluding diaryl/α,β-unsaturated/α-hetero) is 1. The van der Waals surface area contributed by atoms with E-state index in [0.717, 1.165) is 0 Å². The highest BCUT2D eigenvalue weighted by atomic mass is 16.1. The van der Waals surface area contributed by atoms with E-state index in [1.807, 2.05) is 6.07 Å². The van der Waals surface area contributed by atoms with Crippen molar-refractivity contribution in [3.8, 4) is 6.07 Å². The summed E-state index contributed by atoms with van der Waals surface area (Å²) >= 11 is 0. The second kappa shape index (κ2) is 3.49. The van der Waals surface area contributed by atoms with Crippen LogP contribution in [0.25, 0.3) is 0 Å². The highest BCUT2D eigenvalue weighted by Crippen LogP contribution is 2.40. The maximum atomic E-state index is 11.8. The fourth-order valence-corrected chi connectivity index (χ4v) is 1.55. The Balaban J connectivity index is 3.30. The Hall–Kier alpha value is -0.840. The number of carbonyl (C=O) groups is 1. The minimum Gasteiger partial charge on any atom is -0.300 e. The summed E-state index contributed by atoms with van der Waals surface area (Å²) in [5.41, 5.74) is -0.559. The van der Waals surface area contributed by atoms with Crippen molar-refractivity contribution < 1.29 is 10.3 Å². The van der Waals surface area contributed by atoms with E-state index in [9.17, 15) is 4.79 Å². The molecule has 0 bridgehead atoms. The first kappa shape index (κ1) is 5.80. The number of nitrogens with zero attached hydrogens (tertiary/aromatic N) is 1. The largest absolute Gasteiger partial charge is 0.300 e. The number of ketones is 1. The van der Waals surface area contributed by atoms with Gasteiger partial charge in [-0.2, -0.15) is 5.26 Å². The molecule has 1 saturated carbocycles. The first-order chi connectivity index (χ1) is 7.44. The Kier molecular flexibility index (Phi) is 1.56. The summed E-state index contributed by atoms with van der Waals surface area (Å²) < 4.78 is 30.8. The third-order valence-electron chi connectivity index (χ3n) is 2.27. The van der Waals surface area contributed by atoms with Crippen LogP contribution in [0.3, 0.4) is 0 Å². The van der Waals surface area contributed by atoms with Gasteiger partial charge in [0.05, 0.1) is 12.0 Å². The zero-order chi connectivity index (χ0) is 13.6. The lowest BCUT2D eigenvalue weighted by atomic mass is 9.66. The first-order valence-corrected chi connectivity index (χ1v) is 4.39. The molecule has 1 aliphatic rings. The molecule has 2 atom stereocenters. The molecule has 0 aromatic rings. The molecule has 1 fully saturated rings. The van der Waals surface area contributed by atoms with E-state index in [4.69, 9.17) is 10.7 Å². The lowest BCUT2D eigenvalue weighted by molar-refractivity contribution is -0.123. The summed E-state index contributed by atoms with van der Waals surface area (Å²) in [6.07, 6.45) is -4.75. The smallest absolute Gasteiger partial charge is 0.133 e. The summed E-state index contributed by atoms with van der Waals surface area (Å²) in [6, 6.07) is 1.96. The van der Waals surface area contributed by atoms with Crippen LogP contribution in [0.15, 0.2) is 0 Å². The van der Waals surface area contributed by atoms with Crippen LogP contribution in [0, 0.1) is 28.6 Å². The van der Waals surface area contributed by atoms with Gasteiger partial charge in [-0.1, -0.05) is 20.8 Å². The molecule has 0 radical (unpaired) electrons. The zero-order valence-corrected chi connectivity index (χ0v) is 8.22. The molecule has 0 N–H and O–H groups in total. The molecule has 2 nitrogen and oxygen atoms in total. The van der Waals surface area contributed by atoms with E-state index in [2.05, 4.69) is 0 Å². The number of rotatable bonds is 0. The zero-order valence-electron chi connectivity index (χ0n) is 12.2. The predicted molar refractivity (Wildman–Crippen MR) is 50.9 cm³/mol. The van der Waals surface area contributed by atoms with Crippen LogP contribution < -0.4 is 0 Å². The third kappa shape index (κ3) is 2.30. The van der Waals surface area contributed by atoms with Crippen LogP contribution in [-0.4, -0.2) is 5.78 Å². The number of hydrogen-bond donors (Lipinski definition) is 0. The standard InChI is InChI=1S/C11H17NO/c1-11(2,3)10-6-9(13)5-4-8(10)7-12/h8,10H,4-6H2,1-3H3/t8-,10+/m1/s1/i5D2,6D2. The highest BCUT2D eigenvalue weighted by molar-refractivity contribution is 5.79. The summed E-state index contributed by atoms with van der Waals surface area (Å²) in [5, 5.41) is 9.08. The Morgan fingerprint density at radius 3 is 2.69 bits per heavy atom. The van der Waals surface area contributed by atoms with Gasteiger partial charge < -0.3 is 0 Å². The molecule has 0 aliphatic heterocycles. The topological polar surface area (TPSA) is 40.9 Å². The summed E-state index contributed by atoms with van der Waals surface area (Å²) in [6.45, 7) is 5.32. The monoisotopic (exact) mass is 183 g/mol. The van der Waals surface area contributed by atoms with E-state index >= 15 is 0 Å². The maximum Gasteiger partial charge on any atom is 0.133 e. The van der Waals surface area contributed by atoms with Crippen molar-refractivity contribution in [2.75, 3.05) is 0 Å². The van der Waals surface area contributed by atoms with Gasteiger partial charge in [-0.05, 0) is 17.8 Å². The second-order valence-corrected chi connectivity index (χ2v) is 4.43. The number of hydrogen-bond acceptors (Lipinski definition) is 2. The van der Waals surface area contributed by atoms with Crippen molar-refractivity contribution in [2.45, 2.75) is 39.9 Å². The minimum atomic E-state index is -2.29. The van der Waals surface area contributed by atoms with E-state index in [1.165, 1.54) is 0 Å². The van der Waals surface area contributed by atoms with Crippen LogP contribution in [0.4, 0.5) is 0 Å². The maximum absolute atomic E-state index is 11.8. The predicted octanol–water partition coefficient (Wildman–Crippen LogP) is 2.54. The molecule has 2 heteroatoms. The number of carbonyl (C=O) groups excluding carboxylic acids is 1. The van der Waals surface area contributed by atoms with Crippen molar-refractivity contribution in [3.05, 3.63) is 0 Å². The van der Waals surface area contributed by atoms with Gasteiger partial charge in [0.15, 0.2) is 0 Å². The molecule has 0 saturated heterocycles. The Morgan fingerprint density at radius 2 is 2.23 bits per heavy atom. The van der Waals surface area contributed by atoms with Crippen LogP contribution in [0.2, 0.25) is 0 Å². The van der Waals surface area contributed by atoms with Crippen molar-refractivity contribution >= 4 is 5.78 Å². The third-order valence-corrected chi connectivity index (χ3v) is 2.27. The van der Waals surface area contributed by atoms with Gasteiger partial charge in [0.25, 0.3) is 0 Å². The first-order valence-electron chi connectivity index (χ1n) is 6.39. The van der Waals surface area contributed by atoms with E-state index in [1.54, 1.807) is 20.8 Å². The van der Waals surface area contributed by atoms with Crippen molar-refractivity contribution in [1.82, 2.24) is 0 Å². The van der Waals surface area contributed by atoms with Gasteiger partial charge in [-0.25, -0.2) is 0 Å². The average Bonchev–Trinajstić information content (AvgIpc) is 2.10. The van der Waals surface area contributed by atoms with Gasteiger partial charge in [0.1, 0.15) is 5.78 Å². The van der Waals surface area contributed by atoms with E-state index < -0.39 is 35.8 Å². The van der Waals surface area contributed by atoms with Crippen molar-refractivity contribution in [2.24, 2.45) is 17.3 Å². The normalized spacial score (nSPS) is 42.2. The Labute approximate surface area is 85.6 Å². The van der Waals surface area contributed by atoms with Crippen LogP contribution in [0.1, 0.15) is 45.4 Å². The Bertz CT molecular complexity index is 378. The molecule has 13 heavy (non-hydrogen) atoms. The summed E-state index contributed by atoms with van der Waals surface area (Å²) in [5.74, 6) is -2.59. The van der Waals surface area contributed by atoms with E-state index in [-0.39, 0.29) is 6.42 Å². The van der Waals surface area contributed by atoms with Gasteiger partial charge in [0.2, 0.25) is 0 Å². The van der Waals surface area contributed by atoms with Crippen molar-refractivity contribution in [1.29, 1.82) is 5.26 Å². The lowest BCUT2D eigenvalue weighted by Crippen LogP contribution is -2.33. The SMILES string of the molecule is [2H]C1([2H])C[C@H](C#N)[C@@H](C(C)(C)C)C([2H])([2H])C1=O. The second-order valence-electron chi connectivity index (χ2n) is 4.43. The molecule has 1 aliphatic carbocycles. The van der Waals surface area contributed by atoms with Crippen LogP contribution in [0.5, 0.6) is 0 Å². The van der Waals surface area contributed by atoms with Crippen LogP contribution in [-0.2, 0) is 4.79 Å². The molecule has 0 aromatic heterocycles. The van der Waals surface area contributed by atoms with Crippen molar-refractivity contribution in [3.63, 3.8) is 0 Å². The molecule has 0 unspecified atom stereocenters. The molecule has 0 amide bonds. The van der Waals surface area contributed by atoms with Gasteiger partial charge in [0, 0.05) is 18.2 Å². The quantitative estimate of drug-likeness (QED) is 0.579. The molecule has 0 heterocycles. The molecule has 1 rings (SSSR count). The Morgan fingerprint density at radius 1 is 1.62 bits per heavy atom. The average molecular weight is 183 g/mol. The highest BCUT2D eigenvalue weighted by Gasteiger charge is 2.36. The van der Waals surface area contributed by atoms with Gasteiger partial charge in [-0.3, -0.25) is 4.79 Å². The lowest BCUT2D eigenvalue weighted by Gasteiger charge is -2.36. The molecule has 0 spiro atoms. The van der Waals surface area contributed by atoms with Gasteiger partial charge in [-0.15, -0.1) is 0 Å². The molecular formula is C11H17NO. The fourth-order valence-electron chi connectivity index (χ4n) is 1.55.